The lowest BCUT2D eigenvalue weighted by Gasteiger charge is -2.11. The lowest BCUT2D eigenvalue weighted by Crippen LogP contribution is -2.30. The van der Waals surface area contributed by atoms with Gasteiger partial charge in [0.05, 0.1) is 5.75 Å². The number of hydrogen-bond donors (Lipinski definition) is 1. The summed E-state index contributed by atoms with van der Waals surface area (Å²) in [5.41, 5.74) is 0.987. The Labute approximate surface area is 108 Å². The highest BCUT2D eigenvalue weighted by Crippen LogP contribution is 1.99. The van der Waals surface area contributed by atoms with Gasteiger partial charge in [0.25, 0.3) is 0 Å². The number of carbonyl (C=O) groups excluding carboxylic acids is 1. The van der Waals surface area contributed by atoms with Crippen molar-refractivity contribution in [3.05, 3.63) is 35.9 Å². The molecule has 0 atom stereocenters. The fourth-order valence-electron chi connectivity index (χ4n) is 1.29. The van der Waals surface area contributed by atoms with Gasteiger partial charge in [-0.3, -0.25) is 4.79 Å². The van der Waals surface area contributed by atoms with Gasteiger partial charge in [0, 0.05) is 27.1 Å². The van der Waals surface area contributed by atoms with Crippen molar-refractivity contribution in [3.8, 4) is 0 Å². The summed E-state index contributed by atoms with van der Waals surface area (Å²) in [6, 6.07) is 9.47. The Morgan fingerprint density at radius 2 is 1.83 bits per heavy atom. The molecule has 5 nitrogen and oxygen atoms in total. The maximum atomic E-state index is 11.5. The molecule has 0 fully saturated rings. The average Bonchev–Trinajstić information content (AvgIpc) is 2.35. The summed E-state index contributed by atoms with van der Waals surface area (Å²) in [6.07, 6.45) is -0.0205. The summed E-state index contributed by atoms with van der Waals surface area (Å²) in [4.78, 5) is 11.5. The highest BCUT2D eigenvalue weighted by molar-refractivity contribution is 7.89. The Morgan fingerprint density at radius 3 is 2.39 bits per heavy atom. The van der Waals surface area contributed by atoms with Crippen LogP contribution in [0.3, 0.4) is 0 Å². The van der Waals surface area contributed by atoms with Gasteiger partial charge >= 0.3 is 0 Å². The molecule has 0 heterocycles. The molecule has 1 aromatic carbocycles. The van der Waals surface area contributed by atoms with Crippen molar-refractivity contribution in [3.63, 3.8) is 0 Å². The van der Waals surface area contributed by atoms with Gasteiger partial charge in [-0.2, -0.15) is 0 Å². The Morgan fingerprint density at radius 1 is 1.22 bits per heavy atom. The van der Waals surface area contributed by atoms with Gasteiger partial charge in [-0.25, -0.2) is 12.7 Å². The van der Waals surface area contributed by atoms with E-state index in [0.29, 0.717) is 6.54 Å². The zero-order valence-electron chi connectivity index (χ0n) is 10.6. The quantitative estimate of drug-likeness (QED) is 0.822. The van der Waals surface area contributed by atoms with Gasteiger partial charge in [-0.15, -0.1) is 0 Å². The Balaban J connectivity index is 2.35. The summed E-state index contributed by atoms with van der Waals surface area (Å²) in [6.45, 7) is 0.418. The van der Waals surface area contributed by atoms with E-state index in [2.05, 4.69) is 5.32 Å². The van der Waals surface area contributed by atoms with Crippen LogP contribution in [0.5, 0.6) is 0 Å². The minimum absolute atomic E-state index is 0.0205. The lowest BCUT2D eigenvalue weighted by molar-refractivity contribution is -0.120. The van der Waals surface area contributed by atoms with Crippen molar-refractivity contribution in [2.75, 3.05) is 19.8 Å². The zero-order chi connectivity index (χ0) is 13.6. The number of sulfonamides is 1. The predicted molar refractivity (Wildman–Crippen MR) is 70.4 cm³/mol. The zero-order valence-corrected chi connectivity index (χ0v) is 11.4. The molecule has 6 heteroatoms. The first kappa shape index (κ1) is 14.7. The summed E-state index contributed by atoms with van der Waals surface area (Å²) in [5.74, 6) is -0.426. The third-order valence-corrected chi connectivity index (χ3v) is 4.31. The molecule has 0 spiro atoms. The second-order valence-electron chi connectivity index (χ2n) is 4.11. The minimum Gasteiger partial charge on any atom is -0.352 e. The van der Waals surface area contributed by atoms with E-state index in [1.807, 2.05) is 30.3 Å². The van der Waals surface area contributed by atoms with Crippen molar-refractivity contribution in [2.24, 2.45) is 0 Å². The van der Waals surface area contributed by atoms with Crippen molar-refractivity contribution < 1.29 is 13.2 Å². The van der Waals surface area contributed by atoms with Crippen molar-refractivity contribution in [2.45, 2.75) is 13.0 Å². The van der Waals surface area contributed by atoms with Gasteiger partial charge in [0.2, 0.25) is 15.9 Å². The van der Waals surface area contributed by atoms with E-state index in [1.165, 1.54) is 14.1 Å². The summed E-state index contributed by atoms with van der Waals surface area (Å²) < 4.78 is 24.0. The van der Waals surface area contributed by atoms with Crippen LogP contribution in [0.1, 0.15) is 12.0 Å². The van der Waals surface area contributed by atoms with Gasteiger partial charge in [-0.05, 0) is 5.56 Å². The molecule has 18 heavy (non-hydrogen) atoms. The van der Waals surface area contributed by atoms with Crippen LogP contribution in [0, 0.1) is 0 Å². The van der Waals surface area contributed by atoms with E-state index in [0.717, 1.165) is 9.87 Å². The van der Waals surface area contributed by atoms with Crippen LogP contribution >= 0.6 is 0 Å². The molecule has 0 bridgehead atoms. The second kappa shape index (κ2) is 6.51. The molecule has 0 aliphatic carbocycles. The van der Waals surface area contributed by atoms with E-state index in [-0.39, 0.29) is 18.1 Å². The molecule has 0 saturated heterocycles. The first-order valence-corrected chi connectivity index (χ1v) is 7.23. The molecule has 0 unspecified atom stereocenters. The van der Waals surface area contributed by atoms with Crippen molar-refractivity contribution in [1.29, 1.82) is 0 Å². The van der Waals surface area contributed by atoms with Crippen LogP contribution in [-0.4, -0.2) is 38.5 Å². The standard InChI is InChI=1S/C12H18N2O3S/c1-14(2)18(16,17)9-8-12(15)13-10-11-6-4-3-5-7-11/h3-7H,8-10H2,1-2H3,(H,13,15). The molecule has 1 amide bonds. The fraction of sp³-hybridized carbons (Fsp3) is 0.417. The number of hydrogen-bond acceptors (Lipinski definition) is 3. The fourth-order valence-corrected chi connectivity index (χ4v) is 2.10. The summed E-state index contributed by atoms with van der Waals surface area (Å²) >= 11 is 0. The Bertz CT molecular complexity index is 483. The number of benzene rings is 1. The van der Waals surface area contributed by atoms with E-state index >= 15 is 0 Å². The number of amides is 1. The maximum absolute atomic E-state index is 11.5. The molecule has 0 aromatic heterocycles. The molecule has 100 valence electrons. The second-order valence-corrected chi connectivity index (χ2v) is 6.41. The lowest BCUT2D eigenvalue weighted by atomic mass is 10.2. The third kappa shape index (κ3) is 4.85. The molecular formula is C12H18N2O3S. The Kier molecular flexibility index (Phi) is 5.30. The Hall–Kier alpha value is -1.40. The number of rotatable bonds is 6. The van der Waals surface area contributed by atoms with Crippen LogP contribution in [0.4, 0.5) is 0 Å². The van der Waals surface area contributed by atoms with Crippen LogP contribution < -0.4 is 5.32 Å². The highest BCUT2D eigenvalue weighted by Gasteiger charge is 2.15. The SMILES string of the molecule is CN(C)S(=O)(=O)CCC(=O)NCc1ccccc1. The van der Waals surface area contributed by atoms with Gasteiger partial charge < -0.3 is 5.32 Å². The predicted octanol–water partition coefficient (Wildman–Crippen LogP) is 0.584. The van der Waals surface area contributed by atoms with E-state index in [4.69, 9.17) is 0 Å². The van der Waals surface area contributed by atoms with Crippen molar-refractivity contribution in [1.82, 2.24) is 9.62 Å². The maximum Gasteiger partial charge on any atom is 0.221 e. The number of carbonyl (C=O) groups is 1. The first-order chi connectivity index (χ1) is 8.42. The number of nitrogens with one attached hydrogen (secondary N) is 1. The molecule has 1 N–H and O–H groups in total. The molecule has 0 aliphatic heterocycles. The molecular weight excluding hydrogens is 252 g/mol. The molecule has 1 aromatic rings. The monoisotopic (exact) mass is 270 g/mol. The third-order valence-electron chi connectivity index (χ3n) is 2.48. The molecule has 1 rings (SSSR count). The van der Waals surface area contributed by atoms with Crippen LogP contribution in [0.25, 0.3) is 0 Å². The minimum atomic E-state index is -3.30. The van der Waals surface area contributed by atoms with Crippen LogP contribution in [0.15, 0.2) is 30.3 Å². The summed E-state index contributed by atoms with van der Waals surface area (Å²) in [7, 11) is -0.393. The van der Waals surface area contributed by atoms with Gasteiger partial charge in [0.1, 0.15) is 0 Å². The van der Waals surface area contributed by atoms with Crippen molar-refractivity contribution >= 4 is 15.9 Å². The largest absolute Gasteiger partial charge is 0.352 e. The van der Waals surface area contributed by atoms with Crippen LogP contribution in [0.2, 0.25) is 0 Å². The van der Waals surface area contributed by atoms with E-state index < -0.39 is 10.0 Å². The topological polar surface area (TPSA) is 66.5 Å². The first-order valence-electron chi connectivity index (χ1n) is 5.62. The highest BCUT2D eigenvalue weighted by atomic mass is 32.2. The normalized spacial score (nSPS) is 11.5. The average molecular weight is 270 g/mol. The van der Waals surface area contributed by atoms with Gasteiger partial charge in [-0.1, -0.05) is 30.3 Å². The van der Waals surface area contributed by atoms with E-state index in [9.17, 15) is 13.2 Å². The molecule has 0 radical (unpaired) electrons. The van der Waals surface area contributed by atoms with Gasteiger partial charge in [0.15, 0.2) is 0 Å². The molecule has 0 aliphatic rings. The number of nitrogens with zero attached hydrogens (tertiary/aromatic N) is 1. The molecule has 0 saturated carbocycles. The van der Waals surface area contributed by atoms with E-state index in [1.54, 1.807) is 0 Å². The summed E-state index contributed by atoms with van der Waals surface area (Å²) in [5, 5.41) is 2.69. The smallest absolute Gasteiger partial charge is 0.221 e. The van der Waals surface area contributed by atoms with Crippen LogP contribution in [-0.2, 0) is 21.4 Å².